The Morgan fingerprint density at radius 2 is 2.29 bits per heavy atom. The zero-order valence-corrected chi connectivity index (χ0v) is 13.1. The minimum Gasteiger partial charge on any atom is -0.302 e. The van der Waals surface area contributed by atoms with E-state index in [9.17, 15) is 4.79 Å². The number of carbonyl (C=O) groups excluding carboxylic acids is 1. The maximum absolute atomic E-state index is 12.3. The predicted molar refractivity (Wildman–Crippen MR) is 86.5 cm³/mol. The lowest BCUT2D eigenvalue weighted by molar-refractivity contribution is -0.117. The van der Waals surface area contributed by atoms with Crippen molar-refractivity contribution >= 4 is 32.6 Å². The third-order valence-electron chi connectivity index (χ3n) is 5.20. The van der Waals surface area contributed by atoms with Crippen LogP contribution in [0, 0.1) is 24.7 Å². The fourth-order valence-corrected chi connectivity index (χ4v) is 5.13. The number of amides is 1. The Morgan fingerprint density at radius 3 is 3.00 bits per heavy atom. The first kappa shape index (κ1) is 13.3. The standard InChI is InChI=1S/C17H20N2OS/c1-10-3-2-4-14-16(10)19-17(21-14)18-15(20)9-13-8-11-5-6-12(13)7-11/h2-4,11-13H,5-9H2,1H3,(H,18,19,20)/t11-,12-,13+/m1/s1. The van der Waals surface area contributed by atoms with E-state index in [2.05, 4.69) is 29.4 Å². The van der Waals surface area contributed by atoms with Crippen LogP contribution in [-0.4, -0.2) is 10.9 Å². The third kappa shape index (κ3) is 2.46. The van der Waals surface area contributed by atoms with E-state index in [0.29, 0.717) is 12.3 Å². The molecule has 2 saturated carbocycles. The zero-order valence-electron chi connectivity index (χ0n) is 12.3. The Bertz CT molecular complexity index is 693. The van der Waals surface area contributed by atoms with Crippen LogP contribution in [0.25, 0.3) is 10.2 Å². The van der Waals surface area contributed by atoms with Gasteiger partial charge in [0.05, 0.1) is 10.2 Å². The second-order valence-corrected chi connectivity index (χ2v) is 7.66. The van der Waals surface area contributed by atoms with Crippen molar-refractivity contribution in [3.05, 3.63) is 23.8 Å². The molecule has 0 aliphatic heterocycles. The molecule has 2 aliphatic rings. The van der Waals surface area contributed by atoms with Crippen molar-refractivity contribution in [2.45, 2.75) is 39.0 Å². The van der Waals surface area contributed by atoms with Gasteiger partial charge in [0.25, 0.3) is 0 Å². The summed E-state index contributed by atoms with van der Waals surface area (Å²) in [6, 6.07) is 6.16. The van der Waals surface area contributed by atoms with Crippen LogP contribution in [0.15, 0.2) is 18.2 Å². The molecule has 21 heavy (non-hydrogen) atoms. The second-order valence-electron chi connectivity index (χ2n) is 6.63. The molecule has 0 spiro atoms. The predicted octanol–water partition coefficient (Wildman–Crippen LogP) is 4.37. The van der Waals surface area contributed by atoms with Gasteiger partial charge in [-0.3, -0.25) is 4.79 Å². The van der Waals surface area contributed by atoms with Gasteiger partial charge in [-0.1, -0.05) is 29.9 Å². The molecule has 1 heterocycles. The lowest BCUT2D eigenvalue weighted by atomic mass is 9.86. The van der Waals surface area contributed by atoms with Gasteiger partial charge in [-0.05, 0) is 55.6 Å². The highest BCUT2D eigenvalue weighted by atomic mass is 32.1. The second kappa shape index (κ2) is 5.09. The highest BCUT2D eigenvalue weighted by molar-refractivity contribution is 7.22. The number of nitrogens with one attached hydrogen (secondary N) is 1. The molecular formula is C17H20N2OS. The van der Waals surface area contributed by atoms with Crippen LogP contribution in [0.5, 0.6) is 0 Å². The molecule has 1 aromatic heterocycles. The highest BCUT2D eigenvalue weighted by Crippen LogP contribution is 2.49. The normalized spacial score (nSPS) is 27.4. The van der Waals surface area contributed by atoms with Gasteiger partial charge in [-0.25, -0.2) is 4.98 Å². The Labute approximate surface area is 128 Å². The summed E-state index contributed by atoms with van der Waals surface area (Å²) in [6.45, 7) is 2.06. The quantitative estimate of drug-likeness (QED) is 0.914. The number of anilines is 1. The summed E-state index contributed by atoms with van der Waals surface area (Å²) < 4.78 is 1.14. The van der Waals surface area contributed by atoms with E-state index in [0.717, 1.165) is 32.7 Å². The van der Waals surface area contributed by atoms with Crippen LogP contribution in [-0.2, 0) is 4.79 Å². The SMILES string of the molecule is Cc1cccc2sc(NC(=O)C[C@@H]3C[C@@H]4CC[C@@H]3C4)nc12. The van der Waals surface area contributed by atoms with Crippen molar-refractivity contribution in [3.8, 4) is 0 Å². The Morgan fingerprint density at radius 1 is 1.38 bits per heavy atom. The average molecular weight is 300 g/mol. The van der Waals surface area contributed by atoms with Crippen molar-refractivity contribution in [2.24, 2.45) is 17.8 Å². The van der Waals surface area contributed by atoms with Gasteiger partial charge in [0, 0.05) is 6.42 Å². The molecule has 3 nitrogen and oxygen atoms in total. The Balaban J connectivity index is 1.44. The molecule has 1 amide bonds. The minimum atomic E-state index is 0.143. The van der Waals surface area contributed by atoms with Crippen LogP contribution in [0.4, 0.5) is 5.13 Å². The van der Waals surface area contributed by atoms with Gasteiger partial charge in [0.2, 0.25) is 5.91 Å². The zero-order chi connectivity index (χ0) is 14.4. The number of rotatable bonds is 3. The van der Waals surface area contributed by atoms with Crippen LogP contribution < -0.4 is 5.32 Å². The summed E-state index contributed by atoms with van der Waals surface area (Å²) in [5.41, 5.74) is 2.18. The Hall–Kier alpha value is -1.42. The van der Waals surface area contributed by atoms with Gasteiger partial charge in [0.15, 0.2) is 5.13 Å². The molecule has 0 unspecified atom stereocenters. The van der Waals surface area contributed by atoms with Crippen molar-refractivity contribution in [3.63, 3.8) is 0 Å². The van der Waals surface area contributed by atoms with Crippen LogP contribution in [0.3, 0.4) is 0 Å². The van der Waals surface area contributed by atoms with E-state index >= 15 is 0 Å². The molecule has 1 N–H and O–H groups in total. The van der Waals surface area contributed by atoms with Crippen molar-refractivity contribution in [2.75, 3.05) is 5.32 Å². The van der Waals surface area contributed by atoms with E-state index in [1.54, 1.807) is 11.3 Å². The lowest BCUT2D eigenvalue weighted by Crippen LogP contribution is -2.20. The lowest BCUT2D eigenvalue weighted by Gasteiger charge is -2.20. The number of hydrogen-bond acceptors (Lipinski definition) is 3. The number of aryl methyl sites for hydroxylation is 1. The fourth-order valence-electron chi connectivity index (χ4n) is 4.17. The number of thiazole rings is 1. The van der Waals surface area contributed by atoms with E-state index in [4.69, 9.17) is 0 Å². The van der Waals surface area contributed by atoms with Crippen molar-refractivity contribution in [1.29, 1.82) is 0 Å². The molecule has 2 aliphatic carbocycles. The maximum atomic E-state index is 12.3. The first-order valence-electron chi connectivity index (χ1n) is 7.85. The van der Waals surface area contributed by atoms with Crippen molar-refractivity contribution < 1.29 is 4.79 Å². The van der Waals surface area contributed by atoms with Crippen LogP contribution in [0.1, 0.15) is 37.7 Å². The summed E-state index contributed by atoms with van der Waals surface area (Å²) >= 11 is 1.57. The molecule has 2 fully saturated rings. The topological polar surface area (TPSA) is 42.0 Å². The van der Waals surface area contributed by atoms with Crippen LogP contribution >= 0.6 is 11.3 Å². The molecule has 4 rings (SSSR count). The van der Waals surface area contributed by atoms with Gasteiger partial charge >= 0.3 is 0 Å². The molecule has 4 heteroatoms. The van der Waals surface area contributed by atoms with E-state index in [1.165, 1.54) is 25.7 Å². The Kier molecular flexibility index (Phi) is 3.21. The van der Waals surface area contributed by atoms with Crippen molar-refractivity contribution in [1.82, 2.24) is 4.98 Å². The number of benzene rings is 1. The van der Waals surface area contributed by atoms with E-state index in [1.807, 2.05) is 6.07 Å². The van der Waals surface area contributed by atoms with Gasteiger partial charge in [-0.2, -0.15) is 0 Å². The first-order valence-corrected chi connectivity index (χ1v) is 8.66. The molecule has 0 radical (unpaired) electrons. The summed E-state index contributed by atoms with van der Waals surface area (Å²) in [5, 5.41) is 3.76. The molecule has 1 aromatic carbocycles. The largest absolute Gasteiger partial charge is 0.302 e. The molecule has 2 aromatic rings. The summed E-state index contributed by atoms with van der Waals surface area (Å²) in [4.78, 5) is 16.8. The van der Waals surface area contributed by atoms with E-state index in [-0.39, 0.29) is 5.91 Å². The smallest absolute Gasteiger partial charge is 0.226 e. The highest BCUT2D eigenvalue weighted by Gasteiger charge is 2.40. The fraction of sp³-hybridized carbons (Fsp3) is 0.529. The average Bonchev–Trinajstić information content (AvgIpc) is 3.13. The van der Waals surface area contributed by atoms with Gasteiger partial charge < -0.3 is 5.32 Å². The molecule has 2 bridgehead atoms. The maximum Gasteiger partial charge on any atom is 0.226 e. The number of fused-ring (bicyclic) bond motifs is 3. The summed E-state index contributed by atoms with van der Waals surface area (Å²) in [5.74, 6) is 2.46. The number of carbonyl (C=O) groups is 1. The number of aromatic nitrogens is 1. The van der Waals surface area contributed by atoms with E-state index < -0.39 is 0 Å². The number of nitrogens with zero attached hydrogens (tertiary/aromatic N) is 1. The molecular weight excluding hydrogens is 280 g/mol. The monoisotopic (exact) mass is 300 g/mol. The number of para-hydroxylation sites is 1. The van der Waals surface area contributed by atoms with Gasteiger partial charge in [-0.15, -0.1) is 0 Å². The number of hydrogen-bond donors (Lipinski definition) is 1. The first-order chi connectivity index (χ1) is 10.2. The molecule has 3 atom stereocenters. The van der Waals surface area contributed by atoms with Gasteiger partial charge in [0.1, 0.15) is 0 Å². The summed E-state index contributed by atoms with van der Waals surface area (Å²) in [6.07, 6.45) is 6.02. The summed E-state index contributed by atoms with van der Waals surface area (Å²) in [7, 11) is 0. The van der Waals surface area contributed by atoms with Crippen LogP contribution in [0.2, 0.25) is 0 Å². The molecule has 110 valence electrons. The molecule has 0 saturated heterocycles. The third-order valence-corrected chi connectivity index (χ3v) is 6.14. The minimum absolute atomic E-state index is 0.143.